The summed E-state index contributed by atoms with van der Waals surface area (Å²) in [5.74, 6) is -2.65. The molecule has 7 heteroatoms. The van der Waals surface area contributed by atoms with Crippen LogP contribution in [0.15, 0.2) is 30.5 Å². The maximum Gasteiger partial charge on any atom is 0.272 e. The summed E-state index contributed by atoms with van der Waals surface area (Å²) in [5.41, 5.74) is 1.10. The van der Waals surface area contributed by atoms with Crippen molar-refractivity contribution in [1.29, 1.82) is 0 Å². The van der Waals surface area contributed by atoms with Crippen LogP contribution in [0, 0.1) is 10.1 Å². The molecule has 0 amide bonds. The lowest BCUT2D eigenvalue weighted by Gasteiger charge is -2.33. The third kappa shape index (κ3) is 2.63. The molecule has 1 aromatic carbocycles. The first-order valence-corrected chi connectivity index (χ1v) is 6.62. The molecule has 0 N–H and O–H groups in total. The molecule has 0 saturated carbocycles. The second kappa shape index (κ2) is 4.91. The second-order valence-electron chi connectivity index (χ2n) is 5.14. The van der Waals surface area contributed by atoms with Gasteiger partial charge in [0.05, 0.1) is 16.1 Å². The smallest absolute Gasteiger partial charge is 0.272 e. The van der Waals surface area contributed by atoms with Crippen LogP contribution >= 0.6 is 0 Å². The molecule has 2 heterocycles. The summed E-state index contributed by atoms with van der Waals surface area (Å²) in [6, 6.07) is 6.29. The van der Waals surface area contributed by atoms with Crippen molar-refractivity contribution in [1.82, 2.24) is 4.98 Å². The van der Waals surface area contributed by atoms with Crippen molar-refractivity contribution >= 4 is 22.3 Å². The predicted octanol–water partition coefficient (Wildman–Crippen LogP) is 3.38. The Kier molecular flexibility index (Phi) is 3.19. The Morgan fingerprint density at radius 1 is 1.29 bits per heavy atom. The van der Waals surface area contributed by atoms with E-state index in [1.807, 2.05) is 0 Å². The maximum absolute atomic E-state index is 13.3. The van der Waals surface area contributed by atoms with Gasteiger partial charge in [0.25, 0.3) is 11.6 Å². The van der Waals surface area contributed by atoms with Crippen molar-refractivity contribution < 1.29 is 13.7 Å². The van der Waals surface area contributed by atoms with Crippen molar-refractivity contribution in [3.8, 4) is 0 Å². The molecule has 1 aromatic heterocycles. The Labute approximate surface area is 119 Å². The van der Waals surface area contributed by atoms with Gasteiger partial charge in [-0.05, 0) is 6.07 Å². The predicted molar refractivity (Wildman–Crippen MR) is 74.8 cm³/mol. The molecule has 1 saturated heterocycles. The molecule has 0 bridgehead atoms. The Morgan fingerprint density at radius 3 is 2.67 bits per heavy atom. The average Bonchev–Trinajstić information content (AvgIpc) is 2.46. The van der Waals surface area contributed by atoms with Crippen LogP contribution in [-0.2, 0) is 0 Å². The molecule has 1 aliphatic rings. The van der Waals surface area contributed by atoms with Crippen LogP contribution in [0.4, 0.5) is 20.2 Å². The molecule has 1 fully saturated rings. The third-order valence-electron chi connectivity index (χ3n) is 3.72. The van der Waals surface area contributed by atoms with Crippen molar-refractivity contribution in [2.45, 2.75) is 18.8 Å². The van der Waals surface area contributed by atoms with Crippen LogP contribution in [0.3, 0.4) is 0 Å². The normalized spacial score (nSPS) is 17.9. The van der Waals surface area contributed by atoms with Gasteiger partial charge in [-0.3, -0.25) is 15.1 Å². The number of nitro benzene ring substituents is 1. The van der Waals surface area contributed by atoms with Crippen LogP contribution in [0.5, 0.6) is 0 Å². The largest absolute Gasteiger partial charge is 0.369 e. The van der Waals surface area contributed by atoms with E-state index in [1.165, 1.54) is 12.1 Å². The van der Waals surface area contributed by atoms with Gasteiger partial charge in [-0.25, -0.2) is 8.78 Å². The lowest BCUT2D eigenvalue weighted by molar-refractivity contribution is -0.384. The minimum absolute atomic E-state index is 0.0529. The van der Waals surface area contributed by atoms with E-state index in [-0.39, 0.29) is 31.6 Å². The topological polar surface area (TPSA) is 59.3 Å². The first-order valence-electron chi connectivity index (χ1n) is 6.62. The van der Waals surface area contributed by atoms with E-state index in [2.05, 4.69) is 4.98 Å². The number of aromatic nitrogens is 1. The number of piperidine rings is 1. The molecule has 0 aliphatic carbocycles. The van der Waals surface area contributed by atoms with Crippen LogP contribution < -0.4 is 4.90 Å². The molecule has 21 heavy (non-hydrogen) atoms. The average molecular weight is 293 g/mol. The molecule has 0 radical (unpaired) electrons. The lowest BCUT2D eigenvalue weighted by Crippen LogP contribution is -2.39. The van der Waals surface area contributed by atoms with E-state index in [9.17, 15) is 18.9 Å². The summed E-state index contributed by atoms with van der Waals surface area (Å²) in [7, 11) is 0. The van der Waals surface area contributed by atoms with Crippen LogP contribution in [0.1, 0.15) is 12.8 Å². The minimum atomic E-state index is -2.65. The number of pyridine rings is 1. The van der Waals surface area contributed by atoms with E-state index in [0.29, 0.717) is 16.6 Å². The molecule has 2 aromatic rings. The zero-order chi connectivity index (χ0) is 15.0. The van der Waals surface area contributed by atoms with Gasteiger partial charge >= 0.3 is 0 Å². The minimum Gasteiger partial charge on any atom is -0.369 e. The fraction of sp³-hybridized carbons (Fsp3) is 0.357. The molecule has 1 aliphatic heterocycles. The van der Waals surface area contributed by atoms with Gasteiger partial charge < -0.3 is 4.90 Å². The number of nitro groups is 1. The van der Waals surface area contributed by atoms with E-state index in [4.69, 9.17) is 0 Å². The standard InChI is InChI=1S/C14H13F2N3O2/c15-14(16)3-6-18(7-4-14)12-9-11(19(20)21)8-10-2-1-5-17-13(10)12/h1-2,5,8-9H,3-4,6-7H2. The molecule has 0 spiro atoms. The summed E-state index contributed by atoms with van der Waals surface area (Å²) in [6.07, 6.45) is 1.10. The number of rotatable bonds is 2. The van der Waals surface area contributed by atoms with E-state index in [0.717, 1.165) is 0 Å². The van der Waals surface area contributed by atoms with Gasteiger partial charge in [-0.1, -0.05) is 6.07 Å². The highest BCUT2D eigenvalue weighted by atomic mass is 19.3. The molecular weight excluding hydrogens is 280 g/mol. The van der Waals surface area contributed by atoms with E-state index >= 15 is 0 Å². The fourth-order valence-corrected chi connectivity index (χ4v) is 2.58. The molecule has 5 nitrogen and oxygen atoms in total. The van der Waals surface area contributed by atoms with Crippen molar-refractivity contribution in [2.24, 2.45) is 0 Å². The number of non-ortho nitro benzene ring substituents is 1. The third-order valence-corrected chi connectivity index (χ3v) is 3.72. The summed E-state index contributed by atoms with van der Waals surface area (Å²) in [5, 5.41) is 11.7. The number of benzene rings is 1. The summed E-state index contributed by atoms with van der Waals surface area (Å²) < 4.78 is 26.5. The zero-order valence-electron chi connectivity index (χ0n) is 11.1. The van der Waals surface area contributed by atoms with Gasteiger partial charge in [0, 0.05) is 49.6 Å². The van der Waals surface area contributed by atoms with Gasteiger partial charge in [0.1, 0.15) is 0 Å². The SMILES string of the molecule is O=[N+]([O-])c1cc(N2CCC(F)(F)CC2)c2ncccc2c1. The first kappa shape index (κ1) is 13.7. The molecule has 0 atom stereocenters. The summed E-state index contributed by atoms with van der Waals surface area (Å²) >= 11 is 0. The number of alkyl halides is 2. The zero-order valence-corrected chi connectivity index (χ0v) is 11.1. The number of hydrogen-bond acceptors (Lipinski definition) is 4. The van der Waals surface area contributed by atoms with Crippen molar-refractivity contribution in [3.05, 3.63) is 40.6 Å². The monoisotopic (exact) mass is 293 g/mol. The summed E-state index contributed by atoms with van der Waals surface area (Å²) in [6.45, 7) is 0.333. The molecule has 3 rings (SSSR count). The highest BCUT2D eigenvalue weighted by Gasteiger charge is 2.34. The van der Waals surface area contributed by atoms with Gasteiger partial charge in [-0.2, -0.15) is 0 Å². The first-order chi connectivity index (χ1) is 9.96. The van der Waals surface area contributed by atoms with Crippen LogP contribution in [0.25, 0.3) is 10.9 Å². The number of nitrogens with zero attached hydrogens (tertiary/aromatic N) is 3. The highest BCUT2D eigenvalue weighted by Crippen LogP contribution is 2.35. The van der Waals surface area contributed by atoms with Crippen LogP contribution in [-0.4, -0.2) is 28.9 Å². The fourth-order valence-electron chi connectivity index (χ4n) is 2.58. The number of hydrogen-bond donors (Lipinski definition) is 0. The Bertz CT molecular complexity index is 696. The van der Waals surface area contributed by atoms with Gasteiger partial charge in [0.2, 0.25) is 0 Å². The van der Waals surface area contributed by atoms with E-state index in [1.54, 1.807) is 23.2 Å². The maximum atomic E-state index is 13.3. The molecule has 0 unspecified atom stereocenters. The number of halogens is 2. The molecular formula is C14H13F2N3O2. The number of anilines is 1. The Balaban J connectivity index is 2.06. The quantitative estimate of drug-likeness (QED) is 0.629. The van der Waals surface area contributed by atoms with Gasteiger partial charge in [0.15, 0.2) is 0 Å². The Morgan fingerprint density at radius 2 is 2.00 bits per heavy atom. The molecule has 110 valence electrons. The van der Waals surface area contributed by atoms with Crippen LogP contribution in [0.2, 0.25) is 0 Å². The van der Waals surface area contributed by atoms with Gasteiger partial charge in [-0.15, -0.1) is 0 Å². The van der Waals surface area contributed by atoms with Crippen molar-refractivity contribution in [2.75, 3.05) is 18.0 Å². The Hall–Kier alpha value is -2.31. The number of fused-ring (bicyclic) bond motifs is 1. The summed E-state index contributed by atoms with van der Waals surface area (Å²) in [4.78, 5) is 16.5. The van der Waals surface area contributed by atoms with Crippen molar-refractivity contribution in [3.63, 3.8) is 0 Å². The lowest BCUT2D eigenvalue weighted by atomic mass is 10.0. The van der Waals surface area contributed by atoms with E-state index < -0.39 is 10.8 Å². The second-order valence-corrected chi connectivity index (χ2v) is 5.14. The highest BCUT2D eigenvalue weighted by molar-refractivity contribution is 5.93.